The summed E-state index contributed by atoms with van der Waals surface area (Å²) in [7, 11) is 1.27. The molecule has 0 aromatic carbocycles. The molecule has 1 amide bonds. The summed E-state index contributed by atoms with van der Waals surface area (Å²) < 4.78 is 60.8. The smallest absolute Gasteiger partial charge is 0.494 e. The van der Waals surface area contributed by atoms with Crippen LogP contribution in [0.4, 0.5) is 17.6 Å². The van der Waals surface area contributed by atoms with Crippen molar-refractivity contribution >= 4 is 23.2 Å². The van der Waals surface area contributed by atoms with Crippen LogP contribution < -0.4 is 4.74 Å². The van der Waals surface area contributed by atoms with Crippen LogP contribution in [0.3, 0.4) is 0 Å². The van der Waals surface area contributed by atoms with Crippen molar-refractivity contribution in [2.24, 2.45) is 0 Å². The lowest BCUT2D eigenvalue weighted by Crippen LogP contribution is -2.36. The van der Waals surface area contributed by atoms with Crippen molar-refractivity contribution in [3.63, 3.8) is 0 Å². The van der Waals surface area contributed by atoms with E-state index in [0.717, 1.165) is 6.07 Å². The van der Waals surface area contributed by atoms with Crippen LogP contribution in [0, 0.1) is 0 Å². The highest BCUT2D eigenvalue weighted by atomic mass is 32.1. The van der Waals surface area contributed by atoms with Crippen molar-refractivity contribution in [1.82, 2.24) is 4.90 Å². The SMILES string of the molecule is COC1=CCC2C(=C1F)C(CC(=O)O)=C(C)N2C(=O)c1ccc(OC(F)(F)F)s1. The number of halogens is 4. The summed E-state index contributed by atoms with van der Waals surface area (Å²) in [5, 5.41) is 8.68. The van der Waals surface area contributed by atoms with Gasteiger partial charge in [-0.2, -0.15) is 0 Å². The van der Waals surface area contributed by atoms with Crippen LogP contribution >= 0.6 is 11.3 Å². The number of allylic oxidation sites excluding steroid dienone is 2. The molecular weight excluding hydrogens is 418 g/mol. The van der Waals surface area contributed by atoms with E-state index in [-0.39, 0.29) is 33.9 Å². The molecule has 11 heteroatoms. The van der Waals surface area contributed by atoms with Gasteiger partial charge in [-0.05, 0) is 37.1 Å². The van der Waals surface area contributed by atoms with E-state index in [1.54, 1.807) is 0 Å². The molecule has 0 saturated heterocycles. The Labute approximate surface area is 166 Å². The van der Waals surface area contributed by atoms with Gasteiger partial charge in [-0.3, -0.25) is 9.59 Å². The topological polar surface area (TPSA) is 76.1 Å². The maximum atomic E-state index is 14.9. The summed E-state index contributed by atoms with van der Waals surface area (Å²) in [5.41, 5.74) is 0.408. The third kappa shape index (κ3) is 4.00. The molecule has 2 aliphatic rings. The van der Waals surface area contributed by atoms with Gasteiger partial charge in [0.2, 0.25) is 0 Å². The first kappa shape index (κ1) is 20.9. The molecule has 29 heavy (non-hydrogen) atoms. The normalized spacial score (nSPS) is 19.3. The number of rotatable bonds is 5. The molecule has 1 unspecified atom stereocenters. The Bertz CT molecular complexity index is 960. The molecule has 1 aromatic heterocycles. The number of fused-ring (bicyclic) bond motifs is 1. The van der Waals surface area contributed by atoms with Crippen LogP contribution in [0.25, 0.3) is 0 Å². The number of hydrogen-bond acceptors (Lipinski definition) is 5. The second-order valence-electron chi connectivity index (χ2n) is 6.23. The maximum absolute atomic E-state index is 14.9. The van der Waals surface area contributed by atoms with E-state index in [4.69, 9.17) is 4.74 Å². The van der Waals surface area contributed by atoms with E-state index in [2.05, 4.69) is 4.74 Å². The standard InChI is InChI=1S/C18H15F4NO5S/c1-8-9(7-13(24)25)15-10(3-4-11(27-2)16(15)19)23(8)17(26)12-5-6-14(29-12)28-18(20,21)22/h4-6,10H,3,7H2,1-2H3,(H,24,25). The number of carboxylic acid groups (broad SMARTS) is 1. The van der Waals surface area contributed by atoms with Gasteiger partial charge < -0.3 is 19.5 Å². The van der Waals surface area contributed by atoms with Gasteiger partial charge in [0, 0.05) is 11.3 Å². The Balaban J connectivity index is 1.99. The third-order valence-corrected chi connectivity index (χ3v) is 5.47. The lowest BCUT2D eigenvalue weighted by atomic mass is 9.92. The van der Waals surface area contributed by atoms with E-state index in [1.807, 2.05) is 0 Å². The fourth-order valence-electron chi connectivity index (χ4n) is 3.41. The molecule has 0 saturated carbocycles. The minimum absolute atomic E-state index is 0.0425. The predicted molar refractivity (Wildman–Crippen MR) is 93.8 cm³/mol. The average Bonchev–Trinajstić information content (AvgIpc) is 3.16. The van der Waals surface area contributed by atoms with Crippen molar-refractivity contribution in [2.45, 2.75) is 32.2 Å². The van der Waals surface area contributed by atoms with Gasteiger partial charge in [0.25, 0.3) is 5.91 Å². The van der Waals surface area contributed by atoms with Crippen LogP contribution in [0.1, 0.15) is 29.4 Å². The van der Waals surface area contributed by atoms with Crippen LogP contribution in [0.2, 0.25) is 0 Å². The van der Waals surface area contributed by atoms with Gasteiger partial charge in [0.15, 0.2) is 16.6 Å². The number of amides is 1. The van der Waals surface area contributed by atoms with Crippen molar-refractivity contribution in [1.29, 1.82) is 0 Å². The number of carbonyl (C=O) groups excluding carboxylic acids is 1. The molecular formula is C18H15F4NO5S. The van der Waals surface area contributed by atoms with Crippen LogP contribution in [-0.4, -0.2) is 41.4 Å². The Morgan fingerprint density at radius 1 is 1.34 bits per heavy atom. The molecule has 0 bridgehead atoms. The molecule has 1 N–H and O–H groups in total. The molecule has 3 rings (SSSR count). The molecule has 1 aliphatic carbocycles. The van der Waals surface area contributed by atoms with Gasteiger partial charge in [-0.1, -0.05) is 11.3 Å². The second-order valence-corrected chi connectivity index (χ2v) is 7.27. The predicted octanol–water partition coefficient (Wildman–Crippen LogP) is 4.38. The minimum Gasteiger partial charge on any atom is -0.494 e. The Morgan fingerprint density at radius 2 is 2.03 bits per heavy atom. The zero-order chi connectivity index (χ0) is 21.5. The summed E-state index contributed by atoms with van der Waals surface area (Å²) in [6.07, 6.45) is -3.81. The first-order valence-electron chi connectivity index (χ1n) is 8.28. The molecule has 156 valence electrons. The van der Waals surface area contributed by atoms with Crippen molar-refractivity contribution in [3.05, 3.63) is 51.5 Å². The summed E-state index contributed by atoms with van der Waals surface area (Å²) in [4.78, 5) is 25.4. The zero-order valence-corrected chi connectivity index (χ0v) is 16.0. The monoisotopic (exact) mass is 433 g/mol. The van der Waals surface area contributed by atoms with Gasteiger partial charge in [0.1, 0.15) is 0 Å². The molecule has 0 radical (unpaired) electrons. The lowest BCUT2D eigenvalue weighted by Gasteiger charge is -2.28. The number of nitrogens with zero attached hydrogens (tertiary/aromatic N) is 1. The number of carbonyl (C=O) groups is 2. The van der Waals surface area contributed by atoms with Crippen LogP contribution in [0.15, 0.2) is 46.6 Å². The van der Waals surface area contributed by atoms with Gasteiger partial charge in [-0.25, -0.2) is 4.39 Å². The Kier molecular flexibility index (Phi) is 5.44. The van der Waals surface area contributed by atoms with Crippen LogP contribution in [0.5, 0.6) is 5.06 Å². The van der Waals surface area contributed by atoms with E-state index in [0.29, 0.717) is 11.3 Å². The van der Waals surface area contributed by atoms with E-state index < -0.39 is 41.6 Å². The molecule has 6 nitrogen and oxygen atoms in total. The summed E-state index contributed by atoms with van der Waals surface area (Å²) in [6, 6.07) is 1.37. The second kappa shape index (κ2) is 7.54. The third-order valence-electron chi connectivity index (χ3n) is 4.52. The Morgan fingerprint density at radius 3 is 2.62 bits per heavy atom. The fourth-order valence-corrected chi connectivity index (χ4v) is 4.22. The molecule has 2 heterocycles. The lowest BCUT2D eigenvalue weighted by molar-refractivity contribution is -0.273. The number of alkyl halides is 3. The highest BCUT2D eigenvalue weighted by molar-refractivity contribution is 7.15. The quantitative estimate of drug-likeness (QED) is 0.698. The zero-order valence-electron chi connectivity index (χ0n) is 15.2. The number of aliphatic carboxylic acids is 1. The van der Waals surface area contributed by atoms with E-state index in [9.17, 15) is 32.3 Å². The van der Waals surface area contributed by atoms with Gasteiger partial charge in [-0.15, -0.1) is 13.2 Å². The first-order chi connectivity index (χ1) is 13.5. The number of methoxy groups -OCH3 is 1. The largest absolute Gasteiger partial charge is 0.573 e. The highest BCUT2D eigenvalue weighted by Crippen LogP contribution is 2.45. The van der Waals surface area contributed by atoms with E-state index >= 15 is 0 Å². The fraction of sp³-hybridized carbons (Fsp3) is 0.333. The van der Waals surface area contributed by atoms with Gasteiger partial charge >= 0.3 is 12.3 Å². The molecule has 1 aliphatic heterocycles. The first-order valence-corrected chi connectivity index (χ1v) is 9.10. The molecule has 1 atom stereocenters. The van der Waals surface area contributed by atoms with Crippen molar-refractivity contribution < 1.29 is 41.7 Å². The molecule has 0 fully saturated rings. The van der Waals surface area contributed by atoms with Gasteiger partial charge in [0.05, 0.1) is 24.4 Å². The van der Waals surface area contributed by atoms with Crippen molar-refractivity contribution in [2.75, 3.05) is 7.11 Å². The number of thiophene rings is 1. The molecule has 1 aromatic rings. The average molecular weight is 433 g/mol. The summed E-state index contributed by atoms with van der Waals surface area (Å²) in [5.74, 6) is -2.70. The summed E-state index contributed by atoms with van der Waals surface area (Å²) in [6.45, 7) is 1.47. The summed E-state index contributed by atoms with van der Waals surface area (Å²) >= 11 is 0.495. The number of hydrogen-bond donors (Lipinski definition) is 1. The minimum atomic E-state index is -4.90. The molecule has 0 spiro atoms. The van der Waals surface area contributed by atoms with Crippen LogP contribution in [-0.2, 0) is 9.53 Å². The Hall–Kier alpha value is -2.82. The van der Waals surface area contributed by atoms with E-state index in [1.165, 1.54) is 31.1 Å². The number of ether oxygens (including phenoxy) is 2. The van der Waals surface area contributed by atoms with Crippen molar-refractivity contribution in [3.8, 4) is 5.06 Å². The number of carboxylic acids is 1. The maximum Gasteiger partial charge on any atom is 0.573 e. The highest BCUT2D eigenvalue weighted by Gasteiger charge is 2.43.